The largest absolute Gasteiger partial charge is 0.484 e. The van der Waals surface area contributed by atoms with E-state index in [1.54, 1.807) is 6.92 Å². The lowest BCUT2D eigenvalue weighted by Crippen LogP contribution is -2.37. The van der Waals surface area contributed by atoms with Crippen LogP contribution in [0.15, 0.2) is 48.5 Å². The van der Waals surface area contributed by atoms with Gasteiger partial charge in [-0.3, -0.25) is 9.59 Å². The van der Waals surface area contributed by atoms with Gasteiger partial charge < -0.3 is 21.1 Å². The summed E-state index contributed by atoms with van der Waals surface area (Å²) in [5, 5.41) is 5.05. The third-order valence-electron chi connectivity index (χ3n) is 3.69. The van der Waals surface area contributed by atoms with Crippen LogP contribution in [0.1, 0.15) is 22.8 Å². The maximum absolute atomic E-state index is 12.7. The van der Waals surface area contributed by atoms with Gasteiger partial charge in [0.05, 0.1) is 5.56 Å². The van der Waals surface area contributed by atoms with Crippen LogP contribution in [0.5, 0.6) is 5.75 Å². The maximum atomic E-state index is 12.7. The lowest BCUT2D eigenvalue weighted by molar-refractivity contribution is -0.137. The van der Waals surface area contributed by atoms with Gasteiger partial charge in [0.1, 0.15) is 5.75 Å². The van der Waals surface area contributed by atoms with Crippen LogP contribution in [0.4, 0.5) is 18.9 Å². The molecule has 0 fully saturated rings. The fraction of sp³-hybridized carbons (Fsp3) is 0.263. The highest BCUT2D eigenvalue weighted by Gasteiger charge is 2.30. The molecule has 9 heteroatoms. The second-order valence-corrected chi connectivity index (χ2v) is 6.05. The highest BCUT2D eigenvalue weighted by atomic mass is 19.4. The summed E-state index contributed by atoms with van der Waals surface area (Å²) < 4.78 is 43.3. The van der Waals surface area contributed by atoms with E-state index in [1.807, 2.05) is 0 Å². The number of ether oxygens (including phenoxy) is 1. The van der Waals surface area contributed by atoms with Crippen molar-refractivity contribution in [3.05, 3.63) is 59.7 Å². The van der Waals surface area contributed by atoms with Crippen LogP contribution in [0.3, 0.4) is 0 Å². The minimum Gasteiger partial charge on any atom is -0.484 e. The molecule has 0 aromatic heterocycles. The van der Waals surface area contributed by atoms with Gasteiger partial charge in [-0.2, -0.15) is 13.2 Å². The first-order valence-corrected chi connectivity index (χ1v) is 8.40. The topological polar surface area (TPSA) is 93.4 Å². The summed E-state index contributed by atoms with van der Waals surface area (Å²) in [7, 11) is 0. The number of carbonyl (C=O) groups excluding carboxylic acids is 2. The van der Waals surface area contributed by atoms with E-state index in [2.05, 4.69) is 10.6 Å². The Morgan fingerprint density at radius 3 is 2.43 bits per heavy atom. The number of rotatable bonds is 7. The van der Waals surface area contributed by atoms with E-state index >= 15 is 0 Å². The molecule has 0 radical (unpaired) electrons. The van der Waals surface area contributed by atoms with Gasteiger partial charge in [0.25, 0.3) is 11.8 Å². The molecule has 1 atom stereocenters. The van der Waals surface area contributed by atoms with E-state index in [0.29, 0.717) is 17.9 Å². The zero-order valence-electron chi connectivity index (χ0n) is 15.0. The number of nitrogens with two attached hydrogens (primary N) is 1. The molecule has 2 rings (SSSR count). The third kappa shape index (κ3) is 6.27. The summed E-state index contributed by atoms with van der Waals surface area (Å²) in [4.78, 5) is 23.8. The van der Waals surface area contributed by atoms with Crippen LogP contribution in [0.25, 0.3) is 0 Å². The van der Waals surface area contributed by atoms with Crippen molar-refractivity contribution in [1.82, 2.24) is 5.32 Å². The average molecular weight is 395 g/mol. The fourth-order valence-electron chi connectivity index (χ4n) is 2.19. The van der Waals surface area contributed by atoms with Crippen molar-refractivity contribution in [2.24, 2.45) is 5.73 Å². The molecule has 150 valence electrons. The first-order valence-electron chi connectivity index (χ1n) is 8.40. The number of carbonyl (C=O) groups is 2. The molecule has 0 spiro atoms. The van der Waals surface area contributed by atoms with Gasteiger partial charge in [-0.1, -0.05) is 6.07 Å². The van der Waals surface area contributed by atoms with E-state index < -0.39 is 24.3 Å². The molecular weight excluding hydrogens is 375 g/mol. The number of alkyl halides is 3. The molecule has 6 nitrogen and oxygen atoms in total. The standard InChI is InChI=1S/C19H20F3N3O3/c1-12(10-23)24-18(27)13-5-7-16(8-6-13)28-11-17(26)25-15-4-2-3-14(9-15)19(20,21)22/h2-9,12H,10-11,23H2,1H3,(H,24,27)(H,25,26)/t12-/m0/s1. The lowest BCUT2D eigenvalue weighted by atomic mass is 10.2. The summed E-state index contributed by atoms with van der Waals surface area (Å²) in [5.74, 6) is -0.563. The Balaban J connectivity index is 1.88. The molecule has 0 aliphatic carbocycles. The first-order chi connectivity index (χ1) is 13.2. The number of hydrogen-bond donors (Lipinski definition) is 3. The Labute approximate surface area is 159 Å². The van der Waals surface area contributed by atoms with Crippen molar-refractivity contribution < 1.29 is 27.5 Å². The number of amides is 2. The second kappa shape index (κ2) is 9.23. The molecule has 28 heavy (non-hydrogen) atoms. The van der Waals surface area contributed by atoms with Crippen molar-refractivity contribution in [3.63, 3.8) is 0 Å². The Bertz CT molecular complexity index is 823. The molecule has 0 aliphatic rings. The summed E-state index contributed by atoms with van der Waals surface area (Å²) >= 11 is 0. The van der Waals surface area contributed by atoms with Gasteiger partial charge in [-0.25, -0.2) is 0 Å². The van der Waals surface area contributed by atoms with Crippen molar-refractivity contribution in [1.29, 1.82) is 0 Å². The SMILES string of the molecule is C[C@@H](CN)NC(=O)c1ccc(OCC(=O)Nc2cccc(C(F)(F)F)c2)cc1. The Kier molecular flexibility index (Phi) is 7.00. The van der Waals surface area contributed by atoms with Crippen LogP contribution in [0, 0.1) is 0 Å². The van der Waals surface area contributed by atoms with E-state index in [0.717, 1.165) is 12.1 Å². The van der Waals surface area contributed by atoms with Crippen LogP contribution in [-0.2, 0) is 11.0 Å². The van der Waals surface area contributed by atoms with E-state index in [9.17, 15) is 22.8 Å². The highest BCUT2D eigenvalue weighted by molar-refractivity contribution is 5.94. The minimum atomic E-state index is -4.49. The van der Waals surface area contributed by atoms with Crippen molar-refractivity contribution in [2.45, 2.75) is 19.1 Å². The van der Waals surface area contributed by atoms with E-state index in [-0.39, 0.29) is 17.6 Å². The maximum Gasteiger partial charge on any atom is 0.416 e. The Morgan fingerprint density at radius 2 is 1.82 bits per heavy atom. The summed E-state index contributed by atoms with van der Waals surface area (Å²) in [5.41, 5.74) is 5.01. The zero-order valence-corrected chi connectivity index (χ0v) is 15.0. The molecule has 0 saturated carbocycles. The summed E-state index contributed by atoms with van der Waals surface area (Å²) in [6.07, 6.45) is -4.49. The molecular formula is C19H20F3N3O3. The lowest BCUT2D eigenvalue weighted by Gasteiger charge is -2.12. The molecule has 0 unspecified atom stereocenters. The van der Waals surface area contributed by atoms with E-state index in [1.165, 1.54) is 36.4 Å². The smallest absolute Gasteiger partial charge is 0.416 e. The highest BCUT2D eigenvalue weighted by Crippen LogP contribution is 2.30. The molecule has 0 heterocycles. The number of benzene rings is 2. The Morgan fingerprint density at radius 1 is 1.14 bits per heavy atom. The summed E-state index contributed by atoms with van der Waals surface area (Å²) in [6.45, 7) is 1.69. The number of nitrogens with one attached hydrogen (secondary N) is 2. The summed E-state index contributed by atoms with van der Waals surface area (Å²) in [6, 6.07) is 10.2. The minimum absolute atomic E-state index is 0.0180. The van der Waals surface area contributed by atoms with Gasteiger partial charge in [-0.05, 0) is 49.4 Å². The predicted octanol–water partition coefficient (Wildman–Crippen LogP) is 2.80. The normalized spacial score (nSPS) is 12.2. The molecule has 0 aliphatic heterocycles. The second-order valence-electron chi connectivity index (χ2n) is 6.05. The van der Waals surface area contributed by atoms with Crippen molar-refractivity contribution in [2.75, 3.05) is 18.5 Å². The molecule has 0 saturated heterocycles. The average Bonchev–Trinajstić information content (AvgIpc) is 2.66. The van der Waals surface area contributed by atoms with Crippen molar-refractivity contribution in [3.8, 4) is 5.75 Å². The monoisotopic (exact) mass is 395 g/mol. The third-order valence-corrected chi connectivity index (χ3v) is 3.69. The Hall–Kier alpha value is -3.07. The molecule has 2 amide bonds. The van der Waals surface area contributed by atoms with Gasteiger partial charge >= 0.3 is 6.18 Å². The van der Waals surface area contributed by atoms with Gasteiger partial charge in [0, 0.05) is 23.8 Å². The van der Waals surface area contributed by atoms with Crippen LogP contribution < -0.4 is 21.1 Å². The van der Waals surface area contributed by atoms with Crippen LogP contribution in [0.2, 0.25) is 0 Å². The molecule has 4 N–H and O–H groups in total. The van der Waals surface area contributed by atoms with Crippen LogP contribution in [-0.4, -0.2) is 31.0 Å². The molecule has 0 bridgehead atoms. The van der Waals surface area contributed by atoms with Crippen LogP contribution >= 0.6 is 0 Å². The van der Waals surface area contributed by atoms with Gasteiger partial charge in [-0.15, -0.1) is 0 Å². The molecule has 2 aromatic rings. The predicted molar refractivity (Wildman–Crippen MR) is 98.0 cm³/mol. The van der Waals surface area contributed by atoms with Crippen molar-refractivity contribution >= 4 is 17.5 Å². The van der Waals surface area contributed by atoms with Gasteiger partial charge in [0.15, 0.2) is 6.61 Å². The van der Waals surface area contributed by atoms with E-state index in [4.69, 9.17) is 10.5 Å². The quantitative estimate of drug-likeness (QED) is 0.672. The fourth-order valence-corrected chi connectivity index (χ4v) is 2.19. The number of anilines is 1. The molecule has 2 aromatic carbocycles. The zero-order chi connectivity index (χ0) is 20.7. The number of hydrogen-bond acceptors (Lipinski definition) is 4. The number of halogens is 3. The first kappa shape index (κ1) is 21.2. The van der Waals surface area contributed by atoms with Gasteiger partial charge in [0.2, 0.25) is 0 Å².